The molecule has 2 N–H and O–H groups in total. The van der Waals surface area contributed by atoms with Gasteiger partial charge in [0.2, 0.25) is 0 Å². The maximum Gasteiger partial charge on any atom is 0.119 e. The number of ether oxygens (including phenoxy) is 1. The fourth-order valence-corrected chi connectivity index (χ4v) is 1.70. The molecule has 0 amide bonds. The van der Waals surface area contributed by atoms with Gasteiger partial charge in [0.1, 0.15) is 5.75 Å². The molecule has 0 heterocycles. The Hall–Kier alpha value is -1.06. The quantitative estimate of drug-likeness (QED) is 0.769. The normalized spacial score (nSPS) is 14.5. The number of rotatable bonds is 6. The van der Waals surface area contributed by atoms with Crippen LogP contribution in [0.2, 0.25) is 0 Å². The number of nitrogens with one attached hydrogen (secondary N) is 1. The minimum atomic E-state index is -0.671. The van der Waals surface area contributed by atoms with Crippen LogP contribution in [0.1, 0.15) is 18.9 Å². The van der Waals surface area contributed by atoms with Crippen molar-refractivity contribution in [1.29, 1.82) is 0 Å². The minimum absolute atomic E-state index is 0.645. The molecule has 0 aliphatic carbocycles. The zero-order valence-corrected chi connectivity index (χ0v) is 10.3. The van der Waals surface area contributed by atoms with E-state index in [9.17, 15) is 5.11 Å². The second-order valence-corrected chi connectivity index (χ2v) is 4.38. The van der Waals surface area contributed by atoms with Crippen LogP contribution in [0.4, 0.5) is 0 Å². The van der Waals surface area contributed by atoms with E-state index in [0.717, 1.165) is 24.3 Å². The van der Waals surface area contributed by atoms with E-state index in [1.54, 1.807) is 7.11 Å². The predicted molar refractivity (Wildman–Crippen MR) is 65.9 cm³/mol. The molecule has 1 aromatic carbocycles. The highest BCUT2D eigenvalue weighted by Gasteiger charge is 2.20. The molecule has 90 valence electrons. The van der Waals surface area contributed by atoms with Crippen molar-refractivity contribution in [3.05, 3.63) is 29.8 Å². The Morgan fingerprint density at radius 2 is 2.19 bits per heavy atom. The number of aliphatic hydroxyl groups is 1. The molecular formula is C13H21NO2. The smallest absolute Gasteiger partial charge is 0.119 e. The molecule has 0 aromatic heterocycles. The van der Waals surface area contributed by atoms with Crippen molar-refractivity contribution in [1.82, 2.24) is 5.32 Å². The molecule has 1 aromatic rings. The van der Waals surface area contributed by atoms with Gasteiger partial charge in [-0.25, -0.2) is 0 Å². The standard InChI is InChI=1S/C13H21NO2/c1-13(15,7-8-14-2)10-11-5-4-6-12(9-11)16-3/h4-6,9,14-15H,7-8,10H2,1-3H3. The highest BCUT2D eigenvalue weighted by Crippen LogP contribution is 2.20. The Labute approximate surface area is 97.4 Å². The molecule has 16 heavy (non-hydrogen) atoms. The van der Waals surface area contributed by atoms with Gasteiger partial charge in [0.05, 0.1) is 12.7 Å². The van der Waals surface area contributed by atoms with E-state index in [2.05, 4.69) is 5.32 Å². The van der Waals surface area contributed by atoms with Crippen LogP contribution in [0.5, 0.6) is 5.75 Å². The van der Waals surface area contributed by atoms with E-state index >= 15 is 0 Å². The molecule has 0 bridgehead atoms. The van der Waals surface area contributed by atoms with Crippen molar-refractivity contribution >= 4 is 0 Å². The first-order chi connectivity index (χ1) is 7.57. The first-order valence-corrected chi connectivity index (χ1v) is 5.57. The van der Waals surface area contributed by atoms with Gasteiger partial charge in [0.15, 0.2) is 0 Å². The fourth-order valence-electron chi connectivity index (χ4n) is 1.70. The summed E-state index contributed by atoms with van der Waals surface area (Å²) in [6, 6.07) is 7.83. The Balaban J connectivity index is 2.63. The number of benzene rings is 1. The third kappa shape index (κ3) is 4.21. The Morgan fingerprint density at radius 1 is 1.44 bits per heavy atom. The molecule has 0 aliphatic heterocycles. The summed E-state index contributed by atoms with van der Waals surface area (Å²) in [6.07, 6.45) is 1.38. The average Bonchev–Trinajstić information content (AvgIpc) is 2.26. The maximum atomic E-state index is 10.2. The van der Waals surface area contributed by atoms with Crippen LogP contribution < -0.4 is 10.1 Å². The van der Waals surface area contributed by atoms with E-state index in [0.29, 0.717) is 6.42 Å². The molecule has 3 nitrogen and oxygen atoms in total. The summed E-state index contributed by atoms with van der Waals surface area (Å²) in [6.45, 7) is 2.68. The summed E-state index contributed by atoms with van der Waals surface area (Å²) in [7, 11) is 3.54. The lowest BCUT2D eigenvalue weighted by molar-refractivity contribution is 0.0520. The van der Waals surface area contributed by atoms with Crippen molar-refractivity contribution in [2.75, 3.05) is 20.7 Å². The first-order valence-electron chi connectivity index (χ1n) is 5.57. The lowest BCUT2D eigenvalue weighted by atomic mass is 9.93. The van der Waals surface area contributed by atoms with Crippen LogP contribution >= 0.6 is 0 Å². The second-order valence-electron chi connectivity index (χ2n) is 4.38. The zero-order valence-electron chi connectivity index (χ0n) is 10.3. The van der Waals surface area contributed by atoms with Crippen LogP contribution in [0.25, 0.3) is 0 Å². The van der Waals surface area contributed by atoms with Gasteiger partial charge in [-0.15, -0.1) is 0 Å². The lowest BCUT2D eigenvalue weighted by Crippen LogP contribution is -2.31. The van der Waals surface area contributed by atoms with Gasteiger partial charge in [-0.05, 0) is 44.6 Å². The summed E-state index contributed by atoms with van der Waals surface area (Å²) in [5, 5.41) is 13.2. The number of methoxy groups -OCH3 is 1. The molecule has 3 heteroatoms. The third-order valence-electron chi connectivity index (χ3n) is 2.63. The highest BCUT2D eigenvalue weighted by atomic mass is 16.5. The van der Waals surface area contributed by atoms with Crippen LogP contribution in [-0.4, -0.2) is 31.4 Å². The monoisotopic (exact) mass is 223 g/mol. The molecule has 0 saturated heterocycles. The number of hydrogen-bond donors (Lipinski definition) is 2. The molecule has 1 unspecified atom stereocenters. The summed E-state index contributed by atoms with van der Waals surface area (Å²) < 4.78 is 5.16. The largest absolute Gasteiger partial charge is 0.497 e. The van der Waals surface area contributed by atoms with E-state index in [-0.39, 0.29) is 0 Å². The van der Waals surface area contributed by atoms with Crippen molar-refractivity contribution in [3.63, 3.8) is 0 Å². The lowest BCUT2D eigenvalue weighted by Gasteiger charge is -2.23. The molecule has 0 saturated carbocycles. The van der Waals surface area contributed by atoms with Crippen molar-refractivity contribution in [2.45, 2.75) is 25.4 Å². The van der Waals surface area contributed by atoms with Gasteiger partial charge in [-0.3, -0.25) is 0 Å². The van der Waals surface area contributed by atoms with Crippen molar-refractivity contribution < 1.29 is 9.84 Å². The van der Waals surface area contributed by atoms with Gasteiger partial charge in [-0.1, -0.05) is 12.1 Å². The van der Waals surface area contributed by atoms with Gasteiger partial charge >= 0.3 is 0 Å². The Bertz CT molecular complexity index is 323. The van der Waals surface area contributed by atoms with E-state index in [1.165, 1.54) is 0 Å². The van der Waals surface area contributed by atoms with Gasteiger partial charge < -0.3 is 15.2 Å². The molecule has 0 aliphatic rings. The molecule has 0 spiro atoms. The van der Waals surface area contributed by atoms with Crippen LogP contribution in [-0.2, 0) is 6.42 Å². The minimum Gasteiger partial charge on any atom is -0.497 e. The molecule has 1 rings (SSSR count). The van der Waals surface area contributed by atoms with Gasteiger partial charge in [-0.2, -0.15) is 0 Å². The number of hydrogen-bond acceptors (Lipinski definition) is 3. The maximum absolute atomic E-state index is 10.2. The fraction of sp³-hybridized carbons (Fsp3) is 0.538. The molecule has 1 atom stereocenters. The van der Waals surface area contributed by atoms with Crippen LogP contribution in [0.15, 0.2) is 24.3 Å². The van der Waals surface area contributed by atoms with Crippen LogP contribution in [0, 0.1) is 0 Å². The third-order valence-corrected chi connectivity index (χ3v) is 2.63. The molecular weight excluding hydrogens is 202 g/mol. The van der Waals surface area contributed by atoms with Gasteiger partial charge in [0, 0.05) is 6.42 Å². The predicted octanol–water partition coefficient (Wildman–Crippen LogP) is 1.60. The zero-order chi connectivity index (χ0) is 12.0. The first kappa shape index (κ1) is 13.0. The van der Waals surface area contributed by atoms with E-state index in [4.69, 9.17) is 4.74 Å². The summed E-state index contributed by atoms with van der Waals surface area (Å²) in [5.74, 6) is 0.835. The topological polar surface area (TPSA) is 41.5 Å². The Kier molecular flexibility index (Phi) is 4.77. The average molecular weight is 223 g/mol. The molecule has 0 fully saturated rings. The van der Waals surface area contributed by atoms with Crippen molar-refractivity contribution in [2.24, 2.45) is 0 Å². The van der Waals surface area contributed by atoms with Crippen molar-refractivity contribution in [3.8, 4) is 5.75 Å². The SMILES string of the molecule is CNCCC(C)(O)Cc1cccc(OC)c1. The van der Waals surface area contributed by atoms with E-state index < -0.39 is 5.60 Å². The Morgan fingerprint density at radius 3 is 2.81 bits per heavy atom. The van der Waals surface area contributed by atoms with Crippen LogP contribution in [0.3, 0.4) is 0 Å². The summed E-state index contributed by atoms with van der Waals surface area (Å²) in [5.41, 5.74) is 0.426. The van der Waals surface area contributed by atoms with Gasteiger partial charge in [0.25, 0.3) is 0 Å². The summed E-state index contributed by atoms with van der Waals surface area (Å²) in [4.78, 5) is 0. The summed E-state index contributed by atoms with van der Waals surface area (Å²) >= 11 is 0. The highest BCUT2D eigenvalue weighted by molar-refractivity contribution is 5.29. The second kappa shape index (κ2) is 5.87. The van der Waals surface area contributed by atoms with E-state index in [1.807, 2.05) is 38.2 Å². The molecule has 0 radical (unpaired) electrons.